The quantitative estimate of drug-likeness (QED) is 0.614. The Hall–Kier alpha value is -2.60. The zero-order valence-corrected chi connectivity index (χ0v) is 18.5. The molecular weight excluding hydrogens is 386 g/mol. The lowest BCUT2D eigenvalue weighted by molar-refractivity contribution is 0.0784. The van der Waals surface area contributed by atoms with Gasteiger partial charge in [-0.25, -0.2) is 0 Å². The Kier molecular flexibility index (Phi) is 5.81. The summed E-state index contributed by atoms with van der Waals surface area (Å²) in [6.45, 7) is 5.77. The number of aromatic nitrogens is 3. The summed E-state index contributed by atoms with van der Waals surface area (Å²) in [5.74, 6) is 0.142. The molecule has 0 radical (unpaired) electrons. The third-order valence-corrected chi connectivity index (χ3v) is 6.88. The number of H-pyrrole nitrogens is 1. The predicted molar refractivity (Wildman–Crippen MR) is 123 cm³/mol. The summed E-state index contributed by atoms with van der Waals surface area (Å²) in [4.78, 5) is 18.5. The summed E-state index contributed by atoms with van der Waals surface area (Å²) in [6, 6.07) is 8.89. The zero-order chi connectivity index (χ0) is 21.2. The van der Waals surface area contributed by atoms with Crippen LogP contribution in [-0.4, -0.2) is 51.2 Å². The molecule has 1 fully saturated rings. The van der Waals surface area contributed by atoms with Gasteiger partial charge in [0.2, 0.25) is 0 Å². The van der Waals surface area contributed by atoms with E-state index in [9.17, 15) is 4.79 Å². The minimum absolute atomic E-state index is 0.142. The first-order valence-electron chi connectivity index (χ1n) is 11.9. The number of benzene rings is 1. The van der Waals surface area contributed by atoms with E-state index in [1.54, 1.807) is 0 Å². The van der Waals surface area contributed by atoms with Crippen LogP contribution in [0.25, 0.3) is 10.9 Å². The van der Waals surface area contributed by atoms with Crippen molar-refractivity contribution in [3.63, 3.8) is 0 Å². The summed E-state index contributed by atoms with van der Waals surface area (Å²) < 4.78 is 2.11. The molecule has 1 unspecified atom stereocenters. The van der Waals surface area contributed by atoms with Gasteiger partial charge in [0.15, 0.2) is 5.69 Å². The van der Waals surface area contributed by atoms with E-state index in [1.807, 2.05) is 4.90 Å². The number of nitrogens with one attached hydrogen (secondary N) is 2. The molecule has 1 saturated heterocycles. The van der Waals surface area contributed by atoms with E-state index in [2.05, 4.69) is 52.4 Å². The smallest absolute Gasteiger partial charge is 0.274 e. The Morgan fingerprint density at radius 2 is 2.10 bits per heavy atom. The molecule has 6 heteroatoms. The van der Waals surface area contributed by atoms with Crippen molar-refractivity contribution in [3.8, 4) is 0 Å². The van der Waals surface area contributed by atoms with E-state index in [-0.39, 0.29) is 5.91 Å². The Morgan fingerprint density at radius 1 is 1.26 bits per heavy atom. The maximum atomic E-state index is 13.2. The molecule has 0 saturated carbocycles. The van der Waals surface area contributed by atoms with Crippen molar-refractivity contribution >= 4 is 16.8 Å². The van der Waals surface area contributed by atoms with Crippen LogP contribution in [0, 0.1) is 0 Å². The largest absolute Gasteiger partial charge is 0.361 e. The number of hydrogen-bond acceptors (Lipinski definition) is 3. The fourth-order valence-corrected chi connectivity index (χ4v) is 5.25. The molecule has 2 N–H and O–H groups in total. The fraction of sp³-hybridized carbons (Fsp3) is 0.520. The molecular formula is C25H33N5O. The number of hydrogen-bond donors (Lipinski definition) is 2. The number of aryl methyl sites for hydroxylation is 1. The molecule has 1 aliphatic carbocycles. The lowest BCUT2D eigenvalue weighted by Gasteiger charge is -2.25. The van der Waals surface area contributed by atoms with Crippen molar-refractivity contribution in [3.05, 3.63) is 53.0 Å². The van der Waals surface area contributed by atoms with Gasteiger partial charge in [-0.2, -0.15) is 5.10 Å². The minimum Gasteiger partial charge on any atom is -0.361 e. The SMILES string of the molecule is CCCn1nc(C(=O)N2CCCC2)c2c1CCC(NCCc1c[nH]c3ccccc13)C2. The van der Waals surface area contributed by atoms with Crippen molar-refractivity contribution in [2.75, 3.05) is 19.6 Å². The van der Waals surface area contributed by atoms with Crippen LogP contribution in [0.2, 0.25) is 0 Å². The maximum Gasteiger partial charge on any atom is 0.274 e. The summed E-state index contributed by atoms with van der Waals surface area (Å²) in [7, 11) is 0. The van der Waals surface area contributed by atoms with Crippen LogP contribution in [0.4, 0.5) is 0 Å². The van der Waals surface area contributed by atoms with Crippen LogP contribution < -0.4 is 5.32 Å². The Labute approximate surface area is 184 Å². The highest BCUT2D eigenvalue weighted by atomic mass is 16.2. The molecule has 6 nitrogen and oxygen atoms in total. The molecule has 0 bridgehead atoms. The highest BCUT2D eigenvalue weighted by Crippen LogP contribution is 2.27. The molecule has 1 aromatic carbocycles. The molecule has 0 spiro atoms. The second kappa shape index (κ2) is 8.87. The zero-order valence-electron chi connectivity index (χ0n) is 18.5. The van der Waals surface area contributed by atoms with Crippen molar-refractivity contribution in [2.45, 2.75) is 64.5 Å². The van der Waals surface area contributed by atoms with E-state index in [0.29, 0.717) is 11.7 Å². The number of fused-ring (bicyclic) bond motifs is 2. The van der Waals surface area contributed by atoms with E-state index in [4.69, 9.17) is 5.10 Å². The van der Waals surface area contributed by atoms with E-state index >= 15 is 0 Å². The number of para-hydroxylation sites is 1. The van der Waals surface area contributed by atoms with Gasteiger partial charge in [-0.1, -0.05) is 25.1 Å². The fourth-order valence-electron chi connectivity index (χ4n) is 5.25. The van der Waals surface area contributed by atoms with Crippen LogP contribution in [-0.2, 0) is 25.8 Å². The number of carbonyl (C=O) groups is 1. The lowest BCUT2D eigenvalue weighted by atomic mass is 9.91. The predicted octanol–water partition coefficient (Wildman–Crippen LogP) is 3.70. The first-order valence-corrected chi connectivity index (χ1v) is 11.9. The van der Waals surface area contributed by atoms with Crippen LogP contribution in [0.3, 0.4) is 0 Å². The summed E-state index contributed by atoms with van der Waals surface area (Å²) in [6.07, 6.45) is 9.41. The van der Waals surface area contributed by atoms with Gasteiger partial charge < -0.3 is 15.2 Å². The number of aromatic amines is 1. The number of likely N-dealkylation sites (tertiary alicyclic amines) is 1. The second-order valence-corrected chi connectivity index (χ2v) is 9.00. The molecule has 5 rings (SSSR count). The highest BCUT2D eigenvalue weighted by Gasteiger charge is 2.31. The molecule has 31 heavy (non-hydrogen) atoms. The molecule has 1 atom stereocenters. The van der Waals surface area contributed by atoms with E-state index < -0.39 is 0 Å². The average Bonchev–Trinajstić information content (AvgIpc) is 3.53. The standard InChI is InChI=1S/C25H33N5O/c1-2-13-30-23-10-9-19(16-21(23)24(28-30)25(31)29-14-5-6-15-29)26-12-11-18-17-27-22-8-4-3-7-20(18)22/h3-4,7-8,17,19,26-27H,2,5-6,9-16H2,1H3. The van der Waals surface area contributed by atoms with Gasteiger partial charge in [0.05, 0.1) is 0 Å². The maximum absolute atomic E-state index is 13.2. The summed E-state index contributed by atoms with van der Waals surface area (Å²) in [5, 5.41) is 9.89. The molecule has 3 heterocycles. The topological polar surface area (TPSA) is 66.0 Å². The first-order chi connectivity index (χ1) is 15.2. The van der Waals surface area contributed by atoms with Gasteiger partial charge in [0, 0.05) is 54.0 Å². The van der Waals surface area contributed by atoms with Crippen molar-refractivity contribution in [2.24, 2.45) is 0 Å². The lowest BCUT2D eigenvalue weighted by Crippen LogP contribution is -2.37. The summed E-state index contributed by atoms with van der Waals surface area (Å²) in [5.41, 5.74) is 5.77. The van der Waals surface area contributed by atoms with Crippen LogP contribution >= 0.6 is 0 Å². The van der Waals surface area contributed by atoms with Crippen LogP contribution in [0.5, 0.6) is 0 Å². The van der Waals surface area contributed by atoms with Gasteiger partial charge in [-0.3, -0.25) is 9.48 Å². The van der Waals surface area contributed by atoms with Gasteiger partial charge in [-0.05, 0) is 63.1 Å². The third-order valence-electron chi connectivity index (χ3n) is 6.88. The molecule has 2 aromatic heterocycles. The Morgan fingerprint density at radius 3 is 2.94 bits per heavy atom. The normalized spacial score (nSPS) is 18.6. The Bertz CT molecular complexity index is 1060. The molecule has 164 valence electrons. The molecule has 1 amide bonds. The highest BCUT2D eigenvalue weighted by molar-refractivity contribution is 5.94. The Balaban J connectivity index is 1.28. The van der Waals surface area contributed by atoms with Gasteiger partial charge in [-0.15, -0.1) is 0 Å². The van der Waals surface area contributed by atoms with Crippen molar-refractivity contribution in [1.29, 1.82) is 0 Å². The van der Waals surface area contributed by atoms with Crippen molar-refractivity contribution < 1.29 is 4.79 Å². The third kappa shape index (κ3) is 4.01. The minimum atomic E-state index is 0.142. The first kappa shape index (κ1) is 20.3. The number of amides is 1. The van der Waals surface area contributed by atoms with E-state index in [0.717, 1.165) is 71.1 Å². The monoisotopic (exact) mass is 419 g/mol. The average molecular weight is 420 g/mol. The van der Waals surface area contributed by atoms with Crippen molar-refractivity contribution in [1.82, 2.24) is 25.0 Å². The molecule has 2 aliphatic rings. The van der Waals surface area contributed by atoms with Crippen LogP contribution in [0.15, 0.2) is 30.5 Å². The number of rotatable bonds is 7. The second-order valence-electron chi connectivity index (χ2n) is 9.00. The van der Waals surface area contributed by atoms with E-state index in [1.165, 1.54) is 27.7 Å². The summed E-state index contributed by atoms with van der Waals surface area (Å²) >= 11 is 0. The van der Waals surface area contributed by atoms with Crippen LogP contribution in [0.1, 0.15) is 59.9 Å². The van der Waals surface area contributed by atoms with Gasteiger partial charge >= 0.3 is 0 Å². The molecule has 3 aromatic rings. The van der Waals surface area contributed by atoms with Gasteiger partial charge in [0.25, 0.3) is 5.91 Å². The molecule has 1 aliphatic heterocycles. The number of nitrogens with zero attached hydrogens (tertiary/aromatic N) is 3. The van der Waals surface area contributed by atoms with Gasteiger partial charge in [0.1, 0.15) is 0 Å². The number of carbonyl (C=O) groups excluding carboxylic acids is 1.